The molecule has 0 bridgehead atoms. The number of halogens is 4. The monoisotopic (exact) mass is 335 g/mol. The molecular weight excluding hydrogens is 311 g/mol. The molecule has 0 spiro atoms. The fourth-order valence-corrected chi connectivity index (χ4v) is 2.16. The molecule has 1 aliphatic heterocycles. The van der Waals surface area contributed by atoms with Gasteiger partial charge in [0.1, 0.15) is 0 Å². The Balaban J connectivity index is 0. The molecule has 0 saturated carbocycles. The zero-order valence-corrected chi connectivity index (χ0v) is 13.8. The quantitative estimate of drug-likeness (QED) is 0.776. The van der Waals surface area contributed by atoms with Crippen molar-refractivity contribution in [3.8, 4) is 0 Å². The van der Waals surface area contributed by atoms with E-state index < -0.39 is 24.9 Å². The van der Waals surface area contributed by atoms with E-state index in [1.165, 1.54) is 0 Å². The number of carbonyl (C=O) groups is 1. The molecule has 1 saturated heterocycles. The second-order valence-electron chi connectivity index (χ2n) is 4.89. The summed E-state index contributed by atoms with van der Waals surface area (Å²) in [7, 11) is 0. The zero-order chi connectivity index (χ0) is 13.8. The lowest BCUT2D eigenvalue weighted by Crippen LogP contribution is -2.48. The first-order chi connectivity index (χ1) is 8.38. The van der Waals surface area contributed by atoms with E-state index in [1.54, 1.807) is 0 Å². The average Bonchev–Trinajstić information content (AvgIpc) is 2.66. The van der Waals surface area contributed by atoms with Gasteiger partial charge in [0.05, 0.1) is 12.6 Å². The SMILES string of the molecule is CCN(CC)CC(C)NC(=O)C1CC(F)(F)CN1.Cl.Cl. The van der Waals surface area contributed by atoms with Crippen LogP contribution in [0.1, 0.15) is 27.2 Å². The lowest BCUT2D eigenvalue weighted by atomic mass is 10.1. The Morgan fingerprint density at radius 1 is 1.40 bits per heavy atom. The van der Waals surface area contributed by atoms with E-state index in [0.717, 1.165) is 19.6 Å². The maximum atomic E-state index is 13.0. The number of alkyl halides is 2. The molecule has 2 unspecified atom stereocenters. The van der Waals surface area contributed by atoms with Gasteiger partial charge in [-0.15, -0.1) is 24.8 Å². The Hall–Kier alpha value is -0.170. The van der Waals surface area contributed by atoms with Gasteiger partial charge in [-0.2, -0.15) is 0 Å². The third-order valence-electron chi connectivity index (χ3n) is 3.24. The largest absolute Gasteiger partial charge is 0.351 e. The molecule has 8 heteroatoms. The normalized spacial score (nSPS) is 21.8. The lowest BCUT2D eigenvalue weighted by Gasteiger charge is -2.24. The second-order valence-corrected chi connectivity index (χ2v) is 4.89. The van der Waals surface area contributed by atoms with Gasteiger partial charge in [-0.05, 0) is 20.0 Å². The molecule has 0 radical (unpaired) electrons. The molecule has 1 fully saturated rings. The van der Waals surface area contributed by atoms with Crippen molar-refractivity contribution in [1.82, 2.24) is 15.5 Å². The van der Waals surface area contributed by atoms with Crippen molar-refractivity contribution in [2.45, 2.75) is 45.2 Å². The molecule has 1 amide bonds. The predicted molar refractivity (Wildman–Crippen MR) is 81.2 cm³/mol. The smallest absolute Gasteiger partial charge is 0.262 e. The Morgan fingerprint density at radius 2 is 1.95 bits per heavy atom. The number of nitrogens with zero attached hydrogens (tertiary/aromatic N) is 1. The minimum Gasteiger partial charge on any atom is -0.351 e. The number of hydrogen-bond acceptors (Lipinski definition) is 3. The van der Waals surface area contributed by atoms with Crippen molar-refractivity contribution in [2.75, 3.05) is 26.2 Å². The maximum absolute atomic E-state index is 13.0. The number of likely N-dealkylation sites (N-methyl/N-ethyl adjacent to an activating group) is 1. The molecule has 1 rings (SSSR count). The molecule has 20 heavy (non-hydrogen) atoms. The first kappa shape index (κ1) is 22.1. The van der Waals surface area contributed by atoms with Crippen LogP contribution in [0.4, 0.5) is 8.78 Å². The summed E-state index contributed by atoms with van der Waals surface area (Å²) in [6.45, 7) is 8.15. The van der Waals surface area contributed by atoms with Crippen molar-refractivity contribution in [3.63, 3.8) is 0 Å². The summed E-state index contributed by atoms with van der Waals surface area (Å²) in [5.74, 6) is -3.09. The van der Waals surface area contributed by atoms with Gasteiger partial charge in [0, 0.05) is 19.0 Å². The lowest BCUT2D eigenvalue weighted by molar-refractivity contribution is -0.124. The van der Waals surface area contributed by atoms with Gasteiger partial charge in [-0.1, -0.05) is 13.8 Å². The third kappa shape index (κ3) is 7.02. The van der Waals surface area contributed by atoms with E-state index in [-0.39, 0.29) is 36.8 Å². The molecule has 0 aliphatic carbocycles. The van der Waals surface area contributed by atoms with Gasteiger partial charge in [0.2, 0.25) is 5.91 Å². The number of carbonyl (C=O) groups excluding carboxylic acids is 1. The molecule has 1 heterocycles. The van der Waals surface area contributed by atoms with Crippen LogP contribution in [0.5, 0.6) is 0 Å². The van der Waals surface area contributed by atoms with Gasteiger partial charge in [-0.25, -0.2) is 8.78 Å². The highest BCUT2D eigenvalue weighted by Gasteiger charge is 2.42. The van der Waals surface area contributed by atoms with Crippen molar-refractivity contribution < 1.29 is 13.6 Å². The van der Waals surface area contributed by atoms with Gasteiger partial charge in [0.15, 0.2) is 0 Å². The predicted octanol–water partition coefficient (Wildman–Crippen LogP) is 1.67. The van der Waals surface area contributed by atoms with Crippen LogP contribution in [0.15, 0.2) is 0 Å². The minimum absolute atomic E-state index is 0. The highest BCUT2D eigenvalue weighted by atomic mass is 35.5. The van der Waals surface area contributed by atoms with Crippen molar-refractivity contribution in [1.29, 1.82) is 0 Å². The van der Waals surface area contributed by atoms with Crippen molar-refractivity contribution in [2.24, 2.45) is 0 Å². The van der Waals surface area contributed by atoms with Gasteiger partial charge < -0.3 is 10.2 Å². The van der Waals surface area contributed by atoms with E-state index in [4.69, 9.17) is 0 Å². The summed E-state index contributed by atoms with van der Waals surface area (Å²) < 4.78 is 25.9. The standard InChI is InChI=1S/C12H23F2N3O.2ClH/c1-4-17(5-2)7-9(3)16-11(18)10-6-12(13,14)8-15-10;;/h9-10,15H,4-8H2,1-3H3,(H,16,18);2*1H. The Bertz CT molecular complexity index is 292. The fraction of sp³-hybridized carbons (Fsp3) is 0.917. The van der Waals surface area contributed by atoms with E-state index in [2.05, 4.69) is 29.4 Å². The molecular formula is C12H25Cl2F2N3O. The molecule has 0 aromatic rings. The molecule has 4 nitrogen and oxygen atoms in total. The molecule has 122 valence electrons. The number of amides is 1. The first-order valence-electron chi connectivity index (χ1n) is 6.52. The van der Waals surface area contributed by atoms with Crippen LogP contribution >= 0.6 is 24.8 Å². The fourth-order valence-electron chi connectivity index (χ4n) is 2.16. The van der Waals surface area contributed by atoms with E-state index in [9.17, 15) is 13.6 Å². The summed E-state index contributed by atoms with van der Waals surface area (Å²) in [4.78, 5) is 14.0. The molecule has 2 N–H and O–H groups in total. The van der Waals surface area contributed by atoms with Crippen molar-refractivity contribution in [3.05, 3.63) is 0 Å². The number of nitrogens with one attached hydrogen (secondary N) is 2. The highest BCUT2D eigenvalue weighted by molar-refractivity contribution is 5.85. The topological polar surface area (TPSA) is 44.4 Å². The summed E-state index contributed by atoms with van der Waals surface area (Å²) in [6.07, 6.45) is -0.406. The van der Waals surface area contributed by atoms with Gasteiger partial charge in [-0.3, -0.25) is 10.1 Å². The summed E-state index contributed by atoms with van der Waals surface area (Å²) >= 11 is 0. The van der Waals surface area contributed by atoms with Crippen LogP contribution in [0.2, 0.25) is 0 Å². The van der Waals surface area contributed by atoms with Crippen LogP contribution < -0.4 is 10.6 Å². The Kier molecular flexibility index (Phi) is 10.7. The zero-order valence-electron chi connectivity index (χ0n) is 12.1. The molecule has 1 aliphatic rings. The van der Waals surface area contributed by atoms with Crippen LogP contribution in [-0.2, 0) is 4.79 Å². The van der Waals surface area contributed by atoms with Crippen LogP contribution in [0.3, 0.4) is 0 Å². The highest BCUT2D eigenvalue weighted by Crippen LogP contribution is 2.25. The molecule has 0 aromatic carbocycles. The second kappa shape index (κ2) is 9.71. The number of hydrogen-bond donors (Lipinski definition) is 2. The Morgan fingerprint density at radius 3 is 2.35 bits per heavy atom. The van der Waals surface area contributed by atoms with E-state index >= 15 is 0 Å². The Labute approximate surface area is 131 Å². The summed E-state index contributed by atoms with van der Waals surface area (Å²) in [5, 5.41) is 5.34. The van der Waals surface area contributed by atoms with Crippen molar-refractivity contribution >= 4 is 30.7 Å². The molecule has 0 aromatic heterocycles. The summed E-state index contributed by atoms with van der Waals surface area (Å²) in [5.41, 5.74) is 0. The van der Waals surface area contributed by atoms with Gasteiger partial charge in [0.25, 0.3) is 5.92 Å². The minimum atomic E-state index is -2.76. The van der Waals surface area contributed by atoms with Crippen LogP contribution in [-0.4, -0.2) is 55.0 Å². The van der Waals surface area contributed by atoms with E-state index in [1.807, 2.05) is 6.92 Å². The molecule has 2 atom stereocenters. The maximum Gasteiger partial charge on any atom is 0.262 e. The van der Waals surface area contributed by atoms with Gasteiger partial charge >= 0.3 is 0 Å². The first-order valence-corrected chi connectivity index (χ1v) is 6.52. The average molecular weight is 336 g/mol. The summed E-state index contributed by atoms with van der Waals surface area (Å²) in [6, 6.07) is -0.799. The van der Waals surface area contributed by atoms with Crippen LogP contribution in [0, 0.1) is 0 Å². The third-order valence-corrected chi connectivity index (χ3v) is 3.24. The van der Waals surface area contributed by atoms with Crippen LogP contribution in [0.25, 0.3) is 0 Å². The number of rotatable bonds is 6. The van der Waals surface area contributed by atoms with E-state index in [0.29, 0.717) is 0 Å².